The summed E-state index contributed by atoms with van der Waals surface area (Å²) in [4.78, 5) is 0. The summed E-state index contributed by atoms with van der Waals surface area (Å²) < 4.78 is 13.2. The summed E-state index contributed by atoms with van der Waals surface area (Å²) in [6, 6.07) is 0. The van der Waals surface area contributed by atoms with Crippen LogP contribution < -0.4 is 0 Å². The van der Waals surface area contributed by atoms with Crippen molar-refractivity contribution in [3.63, 3.8) is 0 Å². The van der Waals surface area contributed by atoms with Crippen LogP contribution in [0.25, 0.3) is 0 Å². The van der Waals surface area contributed by atoms with E-state index in [0.717, 1.165) is 0 Å². The highest BCUT2D eigenvalue weighted by atomic mass is 16.2. The second kappa shape index (κ2) is 4.70. The average Bonchev–Trinajstić information content (AvgIpc) is 1.59. The van der Waals surface area contributed by atoms with Crippen LogP contribution in [0.15, 0.2) is 12.7 Å². The lowest BCUT2D eigenvalue weighted by molar-refractivity contribution is 0.289. The van der Waals surface area contributed by atoms with E-state index in [9.17, 15) is 0 Å². The Morgan fingerprint density at radius 1 is 2.00 bits per heavy atom. The highest BCUT2D eigenvalue weighted by Gasteiger charge is 1.72. The summed E-state index contributed by atoms with van der Waals surface area (Å²) in [5, 5.41) is 8.43. The first-order chi connectivity index (χ1) is 3.56. The molecule has 0 atom stereocenters. The van der Waals surface area contributed by atoms with Gasteiger partial charge in [-0.15, -0.1) is 6.58 Å². The highest BCUT2D eigenvalue weighted by molar-refractivity contribution is 4.64. The van der Waals surface area contributed by atoms with Crippen molar-refractivity contribution in [2.45, 2.75) is 12.8 Å². The van der Waals surface area contributed by atoms with Gasteiger partial charge in [0.2, 0.25) is 0 Å². The Hall–Kier alpha value is -0.300. The van der Waals surface area contributed by atoms with E-state index in [1.54, 1.807) is 6.08 Å². The zero-order valence-electron chi connectivity index (χ0n) is 5.65. The number of aliphatic hydroxyl groups is 1. The molecule has 1 N–H and O–H groups in total. The van der Waals surface area contributed by atoms with Crippen LogP contribution in [0.2, 0.25) is 0 Å². The van der Waals surface area contributed by atoms with Gasteiger partial charge in [-0.05, 0) is 12.8 Å². The predicted octanol–water partition coefficient (Wildman–Crippen LogP) is 0.945. The van der Waals surface area contributed by atoms with Crippen LogP contribution in [0.1, 0.15) is 15.6 Å². The first-order valence-electron chi connectivity index (χ1n) is 2.89. The van der Waals surface area contributed by atoms with Gasteiger partial charge in [0.1, 0.15) is 0 Å². The predicted molar refractivity (Wildman–Crippen MR) is 26.5 cm³/mol. The zero-order valence-corrected chi connectivity index (χ0v) is 3.65. The smallest absolute Gasteiger partial charge is 0.0564 e. The van der Waals surface area contributed by atoms with Crippen molar-refractivity contribution in [2.24, 2.45) is 0 Å². The quantitative estimate of drug-likeness (QED) is 0.509. The Bertz CT molecular complexity index is 75.0. The zero-order chi connectivity index (χ0) is 6.62. The SMILES string of the molecule is [2H]C([2H])(O)CCC=C. The van der Waals surface area contributed by atoms with Crippen LogP contribution in [0.3, 0.4) is 0 Å². The van der Waals surface area contributed by atoms with Gasteiger partial charge in [0.05, 0.1) is 2.74 Å². The minimum Gasteiger partial charge on any atom is -0.396 e. The first-order valence-corrected chi connectivity index (χ1v) is 1.89. The maximum absolute atomic E-state index is 8.43. The van der Waals surface area contributed by atoms with Crippen LogP contribution in [0, 0.1) is 0 Å². The van der Waals surface area contributed by atoms with Crippen LogP contribution in [0.5, 0.6) is 0 Å². The minimum atomic E-state index is -2.02. The monoisotopic (exact) mass is 88.1 g/mol. The van der Waals surface area contributed by atoms with Crippen LogP contribution in [-0.4, -0.2) is 11.7 Å². The second-order valence-corrected chi connectivity index (χ2v) is 0.985. The van der Waals surface area contributed by atoms with E-state index in [2.05, 4.69) is 6.58 Å². The molecule has 0 aliphatic rings. The number of rotatable bonds is 3. The van der Waals surface area contributed by atoms with E-state index in [0.29, 0.717) is 6.42 Å². The maximum Gasteiger partial charge on any atom is 0.0564 e. The van der Waals surface area contributed by atoms with E-state index in [1.165, 1.54) is 0 Å². The molecule has 0 aliphatic carbocycles. The molecule has 0 aromatic rings. The highest BCUT2D eigenvalue weighted by Crippen LogP contribution is 1.83. The van der Waals surface area contributed by atoms with Gasteiger partial charge >= 0.3 is 0 Å². The van der Waals surface area contributed by atoms with E-state index in [-0.39, 0.29) is 6.42 Å². The molecule has 0 aromatic carbocycles. The Labute approximate surface area is 41.1 Å². The third-order valence-electron chi connectivity index (χ3n) is 0.460. The van der Waals surface area contributed by atoms with Crippen LogP contribution in [-0.2, 0) is 0 Å². The molecule has 0 bridgehead atoms. The van der Waals surface area contributed by atoms with Crippen molar-refractivity contribution >= 4 is 0 Å². The van der Waals surface area contributed by atoms with Crippen LogP contribution >= 0.6 is 0 Å². The number of hydrogen-bond acceptors (Lipinski definition) is 1. The summed E-state index contributed by atoms with van der Waals surface area (Å²) in [5.74, 6) is 0. The molecule has 1 nitrogen and oxygen atoms in total. The molecule has 0 radical (unpaired) electrons. The van der Waals surface area contributed by atoms with Gasteiger partial charge in [-0.2, -0.15) is 0 Å². The normalized spacial score (nSPS) is 15.5. The summed E-state index contributed by atoms with van der Waals surface area (Å²) >= 11 is 0. The number of allylic oxidation sites excluding steroid dienone is 1. The van der Waals surface area contributed by atoms with E-state index >= 15 is 0 Å². The molecule has 0 heterocycles. The lowest BCUT2D eigenvalue weighted by Crippen LogP contribution is -1.76. The van der Waals surface area contributed by atoms with Crippen molar-refractivity contribution in [2.75, 3.05) is 6.56 Å². The lowest BCUT2D eigenvalue weighted by Gasteiger charge is -1.81. The molecule has 6 heavy (non-hydrogen) atoms. The van der Waals surface area contributed by atoms with E-state index < -0.39 is 6.56 Å². The molecular weight excluding hydrogens is 76.1 g/mol. The minimum absolute atomic E-state index is 0.135. The molecule has 0 spiro atoms. The lowest BCUT2D eigenvalue weighted by atomic mass is 10.3. The number of hydrogen-bond donors (Lipinski definition) is 1. The van der Waals surface area contributed by atoms with Crippen molar-refractivity contribution in [1.29, 1.82) is 0 Å². The molecule has 1 heteroatoms. The third kappa shape index (κ3) is 3.70. The Morgan fingerprint density at radius 2 is 2.67 bits per heavy atom. The van der Waals surface area contributed by atoms with Gasteiger partial charge in [-0.1, -0.05) is 6.08 Å². The summed E-state index contributed by atoms with van der Waals surface area (Å²) in [5.41, 5.74) is 0. The van der Waals surface area contributed by atoms with E-state index in [1.807, 2.05) is 0 Å². The molecular formula is C5H10O. The molecule has 0 amide bonds. The van der Waals surface area contributed by atoms with Gasteiger partial charge in [0.15, 0.2) is 0 Å². The van der Waals surface area contributed by atoms with Gasteiger partial charge in [-0.3, -0.25) is 0 Å². The molecule has 36 valence electrons. The van der Waals surface area contributed by atoms with E-state index in [4.69, 9.17) is 7.85 Å². The van der Waals surface area contributed by atoms with Gasteiger partial charge in [0, 0.05) is 6.56 Å². The van der Waals surface area contributed by atoms with Gasteiger partial charge < -0.3 is 5.11 Å². The van der Waals surface area contributed by atoms with Crippen LogP contribution in [0.4, 0.5) is 0 Å². The fraction of sp³-hybridized carbons (Fsp3) is 0.600. The molecule has 0 aromatic heterocycles. The second-order valence-electron chi connectivity index (χ2n) is 0.985. The maximum atomic E-state index is 8.43. The fourth-order valence-corrected chi connectivity index (χ4v) is 0.167. The molecule has 0 rings (SSSR count). The summed E-state index contributed by atoms with van der Waals surface area (Å²) in [6.07, 6.45) is 2.23. The average molecular weight is 88.1 g/mol. The summed E-state index contributed by atoms with van der Waals surface area (Å²) in [6.45, 7) is 1.37. The fourth-order valence-electron chi connectivity index (χ4n) is 0.167. The van der Waals surface area contributed by atoms with Gasteiger partial charge in [-0.25, -0.2) is 0 Å². The van der Waals surface area contributed by atoms with Crippen molar-refractivity contribution in [1.82, 2.24) is 0 Å². The first kappa shape index (κ1) is 2.80. The summed E-state index contributed by atoms with van der Waals surface area (Å²) in [7, 11) is 0. The molecule has 0 aliphatic heterocycles. The Balaban J connectivity index is 3.24. The standard InChI is InChI=1S/C5H10O/c1-2-3-4-5-6/h2,6H,1,3-5H2/i5D2. The molecule has 0 saturated heterocycles. The Kier molecular flexibility index (Phi) is 2.20. The molecule has 0 saturated carbocycles. The molecule has 0 unspecified atom stereocenters. The topological polar surface area (TPSA) is 20.2 Å². The van der Waals surface area contributed by atoms with Crippen molar-refractivity contribution in [3.8, 4) is 0 Å². The van der Waals surface area contributed by atoms with Gasteiger partial charge in [0.25, 0.3) is 0 Å². The largest absolute Gasteiger partial charge is 0.396 e. The van der Waals surface area contributed by atoms with Crippen molar-refractivity contribution < 1.29 is 7.85 Å². The third-order valence-corrected chi connectivity index (χ3v) is 0.460. The molecule has 0 fully saturated rings. The van der Waals surface area contributed by atoms with Crippen molar-refractivity contribution in [3.05, 3.63) is 12.7 Å². The Morgan fingerprint density at radius 3 is 2.83 bits per heavy atom.